The number of benzene rings is 1. The first kappa shape index (κ1) is 40.2. The van der Waals surface area contributed by atoms with Gasteiger partial charge in [0.1, 0.15) is 25.5 Å². The lowest BCUT2D eigenvalue weighted by molar-refractivity contribution is -0.138. The molecule has 0 spiro atoms. The minimum absolute atomic E-state index is 0.00180. The molecule has 15 nitrogen and oxygen atoms in total. The number of amides is 3. The Morgan fingerprint density at radius 3 is 1.61 bits per heavy atom. The number of carboxylic acids is 2. The van der Waals surface area contributed by atoms with Crippen molar-refractivity contribution in [3.05, 3.63) is 29.8 Å². The fourth-order valence-corrected chi connectivity index (χ4v) is 3.81. The van der Waals surface area contributed by atoms with Crippen LogP contribution in [0.3, 0.4) is 0 Å². The van der Waals surface area contributed by atoms with E-state index in [1.807, 2.05) is 0 Å². The van der Waals surface area contributed by atoms with Crippen LogP contribution in [-0.4, -0.2) is 119 Å². The zero-order valence-corrected chi connectivity index (χ0v) is 26.4. The van der Waals surface area contributed by atoms with E-state index in [0.29, 0.717) is 38.5 Å². The first-order chi connectivity index (χ1) is 22.3. The third kappa shape index (κ3) is 24.5. The predicted octanol–water partition coefficient (Wildman–Crippen LogP) is 1.38. The van der Waals surface area contributed by atoms with Crippen molar-refractivity contribution in [1.29, 1.82) is 0 Å². The minimum atomic E-state index is -1.14. The number of unbranched alkanes of at least 4 members (excludes halogenated alkanes) is 6. The van der Waals surface area contributed by atoms with Gasteiger partial charge < -0.3 is 49.8 Å². The Morgan fingerprint density at radius 1 is 0.543 bits per heavy atom. The van der Waals surface area contributed by atoms with Gasteiger partial charge in [-0.05, 0) is 37.1 Å². The van der Waals surface area contributed by atoms with E-state index in [9.17, 15) is 24.0 Å². The Balaban J connectivity index is 1.79. The van der Waals surface area contributed by atoms with Crippen LogP contribution in [0.15, 0.2) is 24.3 Å². The van der Waals surface area contributed by atoms with Gasteiger partial charge >= 0.3 is 11.9 Å². The molecule has 5 N–H and O–H groups in total. The lowest BCUT2D eigenvalue weighted by atomic mass is 10.1. The number of carbonyl (C=O) groups is 5. The Morgan fingerprint density at radius 2 is 1.04 bits per heavy atom. The number of aromatic carboxylic acids is 1. The molecular weight excluding hydrogens is 606 g/mol. The van der Waals surface area contributed by atoms with E-state index in [0.717, 1.165) is 44.9 Å². The summed E-state index contributed by atoms with van der Waals surface area (Å²) in [6.07, 6.45) is 7.63. The molecular formula is C31H49N3O12. The molecule has 3 amide bonds. The standard InChI is InChI=1S/C31H49N3O12/c35-27(8-6-4-2-1-3-5-7-15-46-26-11-9-25(10-12-26)31(40)41)32-13-16-42-18-20-44-23-28(36)33-14-17-43-19-21-45-24-29(37)34-22-30(38)39/h9-12H,1-8,13-24H2,(H,32,35)(H,33,36)(H,34,37)(H,38,39)(H,40,41). The van der Waals surface area contributed by atoms with E-state index >= 15 is 0 Å². The summed E-state index contributed by atoms with van der Waals surface area (Å²) in [4.78, 5) is 56.1. The van der Waals surface area contributed by atoms with Gasteiger partial charge in [0.2, 0.25) is 17.7 Å². The van der Waals surface area contributed by atoms with E-state index < -0.39 is 24.4 Å². The first-order valence-corrected chi connectivity index (χ1v) is 15.6. The van der Waals surface area contributed by atoms with Gasteiger partial charge in [0.05, 0.1) is 51.8 Å². The van der Waals surface area contributed by atoms with Crippen molar-refractivity contribution < 1.29 is 57.9 Å². The molecule has 46 heavy (non-hydrogen) atoms. The van der Waals surface area contributed by atoms with Gasteiger partial charge in [-0.2, -0.15) is 0 Å². The van der Waals surface area contributed by atoms with Gasteiger partial charge in [0.25, 0.3) is 0 Å². The van der Waals surface area contributed by atoms with Crippen molar-refractivity contribution >= 4 is 29.7 Å². The Hall–Kier alpha value is -3.79. The quantitative estimate of drug-likeness (QED) is 0.0745. The topological polar surface area (TPSA) is 208 Å². The van der Waals surface area contributed by atoms with Gasteiger partial charge in [-0.1, -0.05) is 32.1 Å². The summed E-state index contributed by atoms with van der Waals surface area (Å²) >= 11 is 0. The fraction of sp³-hybridized carbons (Fsp3) is 0.645. The highest BCUT2D eigenvalue weighted by molar-refractivity contribution is 5.87. The lowest BCUT2D eigenvalue weighted by Gasteiger charge is -2.09. The molecule has 0 fully saturated rings. The smallest absolute Gasteiger partial charge is 0.335 e. The largest absolute Gasteiger partial charge is 0.494 e. The molecule has 0 aromatic heterocycles. The second kappa shape index (κ2) is 27.5. The highest BCUT2D eigenvalue weighted by Gasteiger charge is 2.05. The molecule has 0 saturated heterocycles. The zero-order valence-electron chi connectivity index (χ0n) is 26.4. The van der Waals surface area contributed by atoms with Crippen molar-refractivity contribution in [1.82, 2.24) is 16.0 Å². The number of ether oxygens (including phenoxy) is 5. The van der Waals surface area contributed by atoms with Gasteiger partial charge in [-0.3, -0.25) is 19.2 Å². The number of nitrogens with one attached hydrogen (secondary N) is 3. The normalized spacial score (nSPS) is 10.7. The monoisotopic (exact) mass is 655 g/mol. The van der Waals surface area contributed by atoms with Gasteiger partial charge in [0, 0.05) is 19.5 Å². The molecule has 0 aliphatic heterocycles. The van der Waals surface area contributed by atoms with Crippen LogP contribution in [0.25, 0.3) is 0 Å². The van der Waals surface area contributed by atoms with Crippen molar-refractivity contribution in [2.45, 2.75) is 51.4 Å². The lowest BCUT2D eigenvalue weighted by Crippen LogP contribution is -2.33. The summed E-state index contributed by atoms with van der Waals surface area (Å²) in [5.41, 5.74) is 0.241. The van der Waals surface area contributed by atoms with E-state index in [-0.39, 0.29) is 63.6 Å². The molecule has 0 aliphatic rings. The maximum atomic E-state index is 11.9. The minimum Gasteiger partial charge on any atom is -0.494 e. The predicted molar refractivity (Wildman–Crippen MR) is 166 cm³/mol. The first-order valence-electron chi connectivity index (χ1n) is 15.6. The molecule has 1 rings (SSSR count). The average molecular weight is 656 g/mol. The Bertz CT molecular complexity index is 1010. The molecule has 0 heterocycles. The van der Waals surface area contributed by atoms with Crippen LogP contribution in [-0.2, 0) is 38.1 Å². The third-order valence-electron chi connectivity index (χ3n) is 6.20. The van der Waals surface area contributed by atoms with Crippen molar-refractivity contribution in [2.24, 2.45) is 0 Å². The number of carboxylic acid groups (broad SMARTS) is 2. The second-order valence-electron chi connectivity index (χ2n) is 10.1. The molecule has 0 aliphatic carbocycles. The Kier molecular flexibility index (Phi) is 24.1. The molecule has 0 bridgehead atoms. The molecule has 15 heteroatoms. The van der Waals surface area contributed by atoms with Crippen LogP contribution >= 0.6 is 0 Å². The van der Waals surface area contributed by atoms with Crippen LogP contribution in [0.4, 0.5) is 0 Å². The van der Waals surface area contributed by atoms with E-state index in [2.05, 4.69) is 16.0 Å². The van der Waals surface area contributed by atoms with E-state index in [1.165, 1.54) is 12.1 Å². The third-order valence-corrected chi connectivity index (χ3v) is 6.20. The number of hydrogen-bond donors (Lipinski definition) is 5. The maximum Gasteiger partial charge on any atom is 0.335 e. The molecule has 1 aromatic carbocycles. The van der Waals surface area contributed by atoms with Crippen molar-refractivity contribution in [2.75, 3.05) is 79.1 Å². The summed E-state index contributed by atoms with van der Waals surface area (Å²) < 4.78 is 26.6. The summed E-state index contributed by atoms with van der Waals surface area (Å²) in [7, 11) is 0. The summed E-state index contributed by atoms with van der Waals surface area (Å²) in [5.74, 6) is -2.24. The second-order valence-corrected chi connectivity index (χ2v) is 10.1. The summed E-state index contributed by atoms with van der Waals surface area (Å²) in [6.45, 7) is 1.97. The molecule has 1 aromatic rings. The van der Waals surface area contributed by atoms with E-state index in [4.69, 9.17) is 33.9 Å². The number of rotatable bonds is 30. The Labute approximate surface area is 269 Å². The van der Waals surface area contributed by atoms with Crippen molar-refractivity contribution in [3.8, 4) is 5.75 Å². The van der Waals surface area contributed by atoms with Gasteiger partial charge in [-0.25, -0.2) is 4.79 Å². The average Bonchev–Trinajstić information content (AvgIpc) is 3.03. The van der Waals surface area contributed by atoms with Gasteiger partial charge in [-0.15, -0.1) is 0 Å². The fourth-order valence-electron chi connectivity index (χ4n) is 3.81. The molecule has 0 radical (unpaired) electrons. The molecule has 0 saturated carbocycles. The number of hydrogen-bond acceptors (Lipinski definition) is 10. The van der Waals surface area contributed by atoms with Crippen LogP contribution in [0.5, 0.6) is 5.75 Å². The maximum absolute atomic E-state index is 11.9. The number of carbonyl (C=O) groups excluding carboxylic acids is 3. The van der Waals surface area contributed by atoms with Crippen LogP contribution in [0, 0.1) is 0 Å². The highest BCUT2D eigenvalue weighted by atomic mass is 16.5. The summed E-state index contributed by atoms with van der Waals surface area (Å²) in [6, 6.07) is 6.40. The van der Waals surface area contributed by atoms with Crippen LogP contribution in [0.1, 0.15) is 61.7 Å². The van der Waals surface area contributed by atoms with Gasteiger partial charge in [0.15, 0.2) is 0 Å². The SMILES string of the molecule is O=C(O)CNC(=O)COCCOCCNC(=O)COCCOCCNC(=O)CCCCCCCCCOc1ccc(C(=O)O)cc1. The van der Waals surface area contributed by atoms with Crippen LogP contribution in [0.2, 0.25) is 0 Å². The molecule has 0 unspecified atom stereocenters. The highest BCUT2D eigenvalue weighted by Crippen LogP contribution is 2.14. The number of aliphatic carboxylic acids is 1. The van der Waals surface area contributed by atoms with Crippen LogP contribution < -0.4 is 20.7 Å². The molecule has 0 atom stereocenters. The molecule has 260 valence electrons. The summed E-state index contributed by atoms with van der Waals surface area (Å²) in [5, 5.41) is 25.0. The van der Waals surface area contributed by atoms with Crippen molar-refractivity contribution in [3.63, 3.8) is 0 Å². The van der Waals surface area contributed by atoms with E-state index in [1.54, 1.807) is 12.1 Å². The zero-order chi connectivity index (χ0) is 33.7.